The molecule has 1 aliphatic carbocycles. The lowest BCUT2D eigenvalue weighted by atomic mass is 9.79. The molecule has 1 saturated carbocycles. The molecule has 2 aromatic heterocycles. The van der Waals surface area contributed by atoms with Crippen LogP contribution in [-0.2, 0) is 0 Å². The van der Waals surface area contributed by atoms with Gasteiger partial charge in [-0.15, -0.1) is 22.7 Å². The second-order valence-corrected chi connectivity index (χ2v) is 9.68. The van der Waals surface area contributed by atoms with Crippen LogP contribution in [0.15, 0.2) is 70.0 Å². The molecule has 3 nitrogen and oxygen atoms in total. The first-order valence-electron chi connectivity index (χ1n) is 9.66. The molecule has 0 unspecified atom stereocenters. The van der Waals surface area contributed by atoms with E-state index in [4.69, 9.17) is 16.7 Å². The third kappa shape index (κ3) is 3.59. The molecule has 0 N–H and O–H groups in total. The van der Waals surface area contributed by atoms with Gasteiger partial charge >= 0.3 is 0 Å². The minimum atomic E-state index is -0.0942. The number of hydrogen-bond acceptors (Lipinski definition) is 4. The van der Waals surface area contributed by atoms with Gasteiger partial charge in [-0.1, -0.05) is 29.8 Å². The van der Waals surface area contributed by atoms with E-state index < -0.39 is 0 Å². The van der Waals surface area contributed by atoms with Gasteiger partial charge in [-0.25, -0.2) is 5.01 Å². The molecule has 0 radical (unpaired) electrons. The van der Waals surface area contributed by atoms with Gasteiger partial charge in [-0.2, -0.15) is 5.10 Å². The van der Waals surface area contributed by atoms with Gasteiger partial charge in [0.25, 0.3) is 5.91 Å². The second-order valence-electron chi connectivity index (χ2n) is 7.29. The van der Waals surface area contributed by atoms with Crippen LogP contribution in [0.4, 0.5) is 0 Å². The van der Waals surface area contributed by atoms with Gasteiger partial charge < -0.3 is 0 Å². The topological polar surface area (TPSA) is 32.7 Å². The number of carbonyl (C=O) groups excluding carboxylic acids is 1. The zero-order valence-corrected chi connectivity index (χ0v) is 18.0. The van der Waals surface area contributed by atoms with E-state index in [9.17, 15) is 4.79 Å². The molecule has 2 atom stereocenters. The highest BCUT2D eigenvalue weighted by Crippen LogP contribution is 2.46. The average Bonchev–Trinajstić information content (AvgIpc) is 3.48. The Labute approximate surface area is 182 Å². The molecule has 1 amide bonds. The predicted octanol–water partition coefficient (Wildman–Crippen LogP) is 6.90. The van der Waals surface area contributed by atoms with E-state index in [1.165, 1.54) is 15.3 Å². The number of nitrogens with zero attached hydrogens (tertiary/aromatic N) is 2. The minimum absolute atomic E-state index is 0.0523. The van der Waals surface area contributed by atoms with Crippen LogP contribution in [0.3, 0.4) is 0 Å². The van der Waals surface area contributed by atoms with Gasteiger partial charge in [0.2, 0.25) is 0 Å². The number of amides is 1. The fraction of sp³-hybridized carbons (Fsp3) is 0.217. The molecule has 0 bridgehead atoms. The summed E-state index contributed by atoms with van der Waals surface area (Å²) in [5.74, 6) is 0.139. The molecule has 1 aromatic carbocycles. The first kappa shape index (κ1) is 18.8. The van der Waals surface area contributed by atoms with Crippen molar-refractivity contribution in [2.24, 2.45) is 11.0 Å². The summed E-state index contributed by atoms with van der Waals surface area (Å²) in [7, 11) is 0. The Morgan fingerprint density at radius 2 is 2.00 bits per heavy atom. The standard InChI is InChI=1S/C23H19ClN2OS2/c24-17-7-1-6-16(13-17)23(27)26-22(20-10-4-12-29-20)19-9-2-5-15(21(19)25-26)14-18-8-3-11-28-18/h1,3-4,6-8,10-14,19,22H,2,5,9H2/b15-14+/t19-,22-/m0/s1. The number of allylic oxidation sites excluding steroid dienone is 1. The van der Waals surface area contributed by atoms with E-state index in [-0.39, 0.29) is 17.9 Å². The van der Waals surface area contributed by atoms with Crippen molar-refractivity contribution >= 4 is 52.0 Å². The van der Waals surface area contributed by atoms with Crippen molar-refractivity contribution in [1.29, 1.82) is 0 Å². The van der Waals surface area contributed by atoms with Crippen molar-refractivity contribution in [3.8, 4) is 0 Å². The van der Waals surface area contributed by atoms with E-state index in [1.54, 1.807) is 39.8 Å². The number of fused-ring (bicyclic) bond motifs is 1. The summed E-state index contributed by atoms with van der Waals surface area (Å²) in [4.78, 5) is 15.8. The van der Waals surface area contributed by atoms with Gasteiger partial charge in [-0.05, 0) is 72.0 Å². The Bertz CT molecular complexity index is 1090. The second kappa shape index (κ2) is 7.90. The number of hydrazone groups is 1. The lowest BCUT2D eigenvalue weighted by Gasteiger charge is -2.28. The van der Waals surface area contributed by atoms with Gasteiger partial charge in [-0.3, -0.25) is 4.79 Å². The number of halogens is 1. The smallest absolute Gasteiger partial charge is 0.267 e. The number of rotatable bonds is 3. The number of carbonyl (C=O) groups is 1. The molecule has 6 heteroatoms. The summed E-state index contributed by atoms with van der Waals surface area (Å²) in [5.41, 5.74) is 2.90. The molecule has 2 aliphatic rings. The van der Waals surface area contributed by atoms with E-state index in [1.807, 2.05) is 18.2 Å². The fourth-order valence-electron chi connectivity index (χ4n) is 4.20. The van der Waals surface area contributed by atoms with Crippen molar-refractivity contribution in [2.45, 2.75) is 25.3 Å². The van der Waals surface area contributed by atoms with Crippen LogP contribution in [0, 0.1) is 5.92 Å². The zero-order valence-electron chi connectivity index (χ0n) is 15.6. The first-order chi connectivity index (χ1) is 14.2. The van der Waals surface area contributed by atoms with Crippen molar-refractivity contribution in [2.75, 3.05) is 0 Å². The van der Waals surface area contributed by atoms with Crippen LogP contribution < -0.4 is 0 Å². The quantitative estimate of drug-likeness (QED) is 0.437. The lowest BCUT2D eigenvalue weighted by Crippen LogP contribution is -2.31. The molecule has 146 valence electrons. The maximum atomic E-state index is 13.4. The van der Waals surface area contributed by atoms with Crippen molar-refractivity contribution < 1.29 is 4.79 Å². The Morgan fingerprint density at radius 1 is 1.14 bits per heavy atom. The highest BCUT2D eigenvalue weighted by atomic mass is 35.5. The molecular formula is C23H19ClN2OS2. The van der Waals surface area contributed by atoms with Crippen LogP contribution in [0.5, 0.6) is 0 Å². The van der Waals surface area contributed by atoms with Gasteiger partial charge in [0.05, 0.1) is 11.8 Å². The number of thiophene rings is 2. The average molecular weight is 439 g/mol. The molecule has 3 aromatic rings. The summed E-state index contributed by atoms with van der Waals surface area (Å²) < 4.78 is 0. The van der Waals surface area contributed by atoms with E-state index in [2.05, 4.69) is 35.0 Å². The van der Waals surface area contributed by atoms with E-state index in [0.717, 1.165) is 25.0 Å². The molecule has 0 spiro atoms. The van der Waals surface area contributed by atoms with Gasteiger partial charge in [0.1, 0.15) is 0 Å². The molecule has 5 rings (SSSR count). The Morgan fingerprint density at radius 3 is 2.76 bits per heavy atom. The summed E-state index contributed by atoms with van der Waals surface area (Å²) in [6, 6.07) is 15.4. The monoisotopic (exact) mass is 438 g/mol. The van der Waals surface area contributed by atoms with Crippen LogP contribution in [-0.4, -0.2) is 16.6 Å². The molecule has 0 saturated heterocycles. The maximum absolute atomic E-state index is 13.4. The van der Waals surface area contributed by atoms with Crippen LogP contribution in [0.1, 0.15) is 45.4 Å². The zero-order chi connectivity index (χ0) is 19.8. The van der Waals surface area contributed by atoms with Crippen LogP contribution >= 0.6 is 34.3 Å². The maximum Gasteiger partial charge on any atom is 0.274 e. The molecule has 1 aliphatic heterocycles. The Balaban J connectivity index is 1.57. The summed E-state index contributed by atoms with van der Waals surface area (Å²) >= 11 is 9.57. The van der Waals surface area contributed by atoms with Crippen molar-refractivity contribution in [1.82, 2.24) is 5.01 Å². The molecule has 1 fully saturated rings. The number of benzene rings is 1. The summed E-state index contributed by atoms with van der Waals surface area (Å²) in [5, 5.41) is 11.3. The molecule has 29 heavy (non-hydrogen) atoms. The van der Waals surface area contributed by atoms with Crippen LogP contribution in [0.2, 0.25) is 5.02 Å². The fourth-order valence-corrected chi connectivity index (χ4v) is 5.95. The Kier molecular flexibility index (Phi) is 5.12. The molecular weight excluding hydrogens is 420 g/mol. The normalized spacial score (nSPS) is 22.6. The van der Waals surface area contributed by atoms with Crippen molar-refractivity contribution in [3.05, 3.63) is 85.2 Å². The number of hydrogen-bond donors (Lipinski definition) is 0. The van der Waals surface area contributed by atoms with E-state index in [0.29, 0.717) is 10.6 Å². The highest BCUT2D eigenvalue weighted by molar-refractivity contribution is 7.11. The van der Waals surface area contributed by atoms with E-state index >= 15 is 0 Å². The SMILES string of the molecule is O=C(c1cccc(Cl)c1)N1N=C2/C(=C/c3cccs3)CCC[C@@H]2[C@H]1c1cccs1. The lowest BCUT2D eigenvalue weighted by molar-refractivity contribution is 0.0684. The third-order valence-electron chi connectivity index (χ3n) is 5.48. The highest BCUT2D eigenvalue weighted by Gasteiger charge is 2.44. The summed E-state index contributed by atoms with van der Waals surface area (Å²) in [6.45, 7) is 0. The minimum Gasteiger partial charge on any atom is -0.267 e. The summed E-state index contributed by atoms with van der Waals surface area (Å²) in [6.07, 6.45) is 5.41. The van der Waals surface area contributed by atoms with Crippen LogP contribution in [0.25, 0.3) is 6.08 Å². The van der Waals surface area contributed by atoms with Crippen molar-refractivity contribution in [3.63, 3.8) is 0 Å². The molecule has 3 heterocycles. The van der Waals surface area contributed by atoms with Gasteiger partial charge in [0, 0.05) is 26.3 Å². The largest absolute Gasteiger partial charge is 0.274 e. The predicted molar refractivity (Wildman–Crippen MR) is 122 cm³/mol. The Hall–Kier alpha value is -2.21. The third-order valence-corrected chi connectivity index (χ3v) is 7.47. The van der Waals surface area contributed by atoms with Gasteiger partial charge in [0.15, 0.2) is 0 Å². The first-order valence-corrected chi connectivity index (χ1v) is 11.8.